The van der Waals surface area contributed by atoms with Gasteiger partial charge in [0.05, 0.1) is 17.6 Å². The van der Waals surface area contributed by atoms with Gasteiger partial charge in [-0.15, -0.1) is 10.2 Å². The van der Waals surface area contributed by atoms with E-state index in [9.17, 15) is 9.50 Å². The Balaban J connectivity index is 1.31. The zero-order chi connectivity index (χ0) is 20.5. The van der Waals surface area contributed by atoms with Crippen molar-refractivity contribution in [3.8, 4) is 34.1 Å². The molecule has 3 aromatic rings. The van der Waals surface area contributed by atoms with Gasteiger partial charge in [-0.3, -0.25) is 9.97 Å². The van der Waals surface area contributed by atoms with Crippen molar-refractivity contribution < 1.29 is 14.2 Å². The fourth-order valence-corrected chi connectivity index (χ4v) is 4.31. The number of ether oxygens (including phenoxy) is 1. The average Bonchev–Trinajstić information content (AvgIpc) is 2.79. The van der Waals surface area contributed by atoms with Crippen molar-refractivity contribution in [2.24, 2.45) is 0 Å². The second-order valence-corrected chi connectivity index (χ2v) is 7.82. The van der Waals surface area contributed by atoms with E-state index in [4.69, 9.17) is 4.74 Å². The molecule has 2 aromatic heterocycles. The summed E-state index contributed by atoms with van der Waals surface area (Å²) < 4.78 is 20.5. The van der Waals surface area contributed by atoms with Crippen LogP contribution in [0.3, 0.4) is 0 Å². The molecular formula is C22H22FN5O2. The highest BCUT2D eigenvalue weighted by Gasteiger charge is 2.41. The molecule has 5 rings (SSSR count). The van der Waals surface area contributed by atoms with E-state index in [-0.39, 0.29) is 11.8 Å². The molecule has 7 nitrogen and oxygen atoms in total. The van der Waals surface area contributed by atoms with E-state index < -0.39 is 12.3 Å². The van der Waals surface area contributed by atoms with Gasteiger partial charge in [0.15, 0.2) is 6.17 Å². The third-order valence-electron chi connectivity index (χ3n) is 5.82. The molecule has 154 valence electrons. The lowest BCUT2D eigenvalue weighted by Crippen LogP contribution is -2.59. The Hall–Kier alpha value is -3.13. The number of fused-ring (bicyclic) bond motifs is 2. The summed E-state index contributed by atoms with van der Waals surface area (Å²) in [6, 6.07) is 8.77. The molecule has 0 aliphatic carbocycles. The number of benzene rings is 1. The molecule has 2 bridgehead atoms. The van der Waals surface area contributed by atoms with Crippen molar-refractivity contribution in [2.75, 3.05) is 0 Å². The molecular weight excluding hydrogens is 385 g/mol. The average molecular weight is 407 g/mol. The number of nitrogens with zero attached hydrogens (tertiary/aromatic N) is 4. The van der Waals surface area contributed by atoms with Gasteiger partial charge in [-0.25, -0.2) is 4.39 Å². The first-order chi connectivity index (χ1) is 14.7. The number of hydrogen-bond acceptors (Lipinski definition) is 7. The first kappa shape index (κ1) is 18.9. The summed E-state index contributed by atoms with van der Waals surface area (Å²) in [4.78, 5) is 8.27. The van der Waals surface area contributed by atoms with Gasteiger partial charge >= 0.3 is 0 Å². The summed E-state index contributed by atoms with van der Waals surface area (Å²) in [6.07, 6.45) is 6.84. The predicted molar refractivity (Wildman–Crippen MR) is 109 cm³/mol. The maximum absolute atomic E-state index is 14.7. The summed E-state index contributed by atoms with van der Waals surface area (Å²) in [5, 5.41) is 22.1. The highest BCUT2D eigenvalue weighted by Crippen LogP contribution is 2.33. The number of phenolic OH excluding ortho intramolecular Hbond substituents is 1. The van der Waals surface area contributed by atoms with Crippen molar-refractivity contribution in [3.05, 3.63) is 48.9 Å². The number of halogens is 1. The minimum atomic E-state index is -1.05. The fourth-order valence-electron chi connectivity index (χ4n) is 4.31. The molecule has 2 aliphatic rings. The molecule has 2 N–H and O–H groups in total. The second-order valence-electron chi connectivity index (χ2n) is 7.82. The standard InChI is InChI=1S/C22H22FN5O2/c23-22-17-3-1-2-14(26-17)11-20(22)30-21-7-6-16(27-28-21)15-5-4-13(10-19(15)29)18-12-24-8-9-25-18/h4-10,12,14,17,20,22,26,29H,1-3,11H2/t14-,17+,20-,22+/m1/s1. The van der Waals surface area contributed by atoms with Gasteiger partial charge in [0.1, 0.15) is 11.9 Å². The van der Waals surface area contributed by atoms with Crippen LogP contribution in [0.4, 0.5) is 4.39 Å². The van der Waals surface area contributed by atoms with E-state index in [1.165, 1.54) is 0 Å². The monoisotopic (exact) mass is 407 g/mol. The second kappa shape index (κ2) is 7.95. The molecule has 0 unspecified atom stereocenters. The first-order valence-corrected chi connectivity index (χ1v) is 10.2. The molecule has 1 aromatic carbocycles. The lowest BCUT2D eigenvalue weighted by atomic mass is 9.84. The van der Waals surface area contributed by atoms with E-state index in [0.717, 1.165) is 24.8 Å². The summed E-state index contributed by atoms with van der Waals surface area (Å²) in [6.45, 7) is 0. The highest BCUT2D eigenvalue weighted by molar-refractivity contribution is 5.72. The quantitative estimate of drug-likeness (QED) is 0.685. The van der Waals surface area contributed by atoms with Crippen molar-refractivity contribution >= 4 is 0 Å². The molecule has 0 saturated carbocycles. The van der Waals surface area contributed by atoms with Crippen LogP contribution in [0.2, 0.25) is 0 Å². The topological polar surface area (TPSA) is 93.1 Å². The third kappa shape index (κ3) is 3.70. The van der Waals surface area contributed by atoms with Crippen molar-refractivity contribution in [1.82, 2.24) is 25.5 Å². The van der Waals surface area contributed by atoms with Gasteiger partial charge in [-0.2, -0.15) is 0 Å². The normalized spacial score (nSPS) is 25.6. The SMILES string of the molecule is Oc1cc(-c2cnccn2)ccc1-c1ccc(O[C@@H]2C[C@H]3CCC[C@H](N3)[C@@H]2F)nn1. The van der Waals surface area contributed by atoms with Crippen molar-refractivity contribution in [2.45, 2.75) is 50.0 Å². The van der Waals surface area contributed by atoms with Crippen LogP contribution in [-0.2, 0) is 0 Å². The van der Waals surface area contributed by atoms with Gasteiger partial charge in [-0.1, -0.05) is 12.5 Å². The zero-order valence-electron chi connectivity index (χ0n) is 16.3. The molecule has 0 amide bonds. The lowest BCUT2D eigenvalue weighted by Gasteiger charge is -2.42. The van der Waals surface area contributed by atoms with Gasteiger partial charge in [0.2, 0.25) is 5.88 Å². The third-order valence-corrected chi connectivity index (χ3v) is 5.82. The lowest BCUT2D eigenvalue weighted by molar-refractivity contribution is 0.00652. The summed E-state index contributed by atoms with van der Waals surface area (Å²) in [5.74, 6) is 0.359. The van der Waals surface area contributed by atoms with Crippen LogP contribution < -0.4 is 10.1 Å². The number of aromatic hydroxyl groups is 1. The molecule has 2 aliphatic heterocycles. The molecule has 0 radical (unpaired) electrons. The Morgan fingerprint density at radius 2 is 2.00 bits per heavy atom. The Morgan fingerprint density at radius 1 is 1.07 bits per heavy atom. The van der Waals surface area contributed by atoms with Crippen LogP contribution in [0.1, 0.15) is 25.7 Å². The molecule has 2 fully saturated rings. The van der Waals surface area contributed by atoms with Crippen LogP contribution >= 0.6 is 0 Å². The minimum absolute atomic E-state index is 0.0659. The molecule has 2 saturated heterocycles. The van der Waals surface area contributed by atoms with E-state index in [2.05, 4.69) is 25.5 Å². The number of nitrogens with one attached hydrogen (secondary N) is 1. The summed E-state index contributed by atoms with van der Waals surface area (Å²) in [5.41, 5.74) is 2.47. The van der Waals surface area contributed by atoms with Crippen LogP contribution in [0.25, 0.3) is 22.5 Å². The Labute approximate surface area is 173 Å². The van der Waals surface area contributed by atoms with Crippen molar-refractivity contribution in [3.63, 3.8) is 0 Å². The zero-order valence-corrected chi connectivity index (χ0v) is 16.3. The van der Waals surface area contributed by atoms with Crippen LogP contribution in [0.5, 0.6) is 11.6 Å². The van der Waals surface area contributed by atoms with E-state index >= 15 is 0 Å². The summed E-state index contributed by atoms with van der Waals surface area (Å²) >= 11 is 0. The van der Waals surface area contributed by atoms with Crippen LogP contribution in [-0.4, -0.2) is 49.6 Å². The van der Waals surface area contributed by atoms with E-state index in [0.29, 0.717) is 35.3 Å². The van der Waals surface area contributed by atoms with Gasteiger partial charge in [-0.05, 0) is 31.0 Å². The molecule has 4 heterocycles. The van der Waals surface area contributed by atoms with Crippen molar-refractivity contribution in [1.29, 1.82) is 0 Å². The van der Waals surface area contributed by atoms with Gasteiger partial charge < -0.3 is 15.2 Å². The number of piperidine rings is 2. The van der Waals surface area contributed by atoms with Crippen LogP contribution in [0.15, 0.2) is 48.9 Å². The molecule has 8 heteroatoms. The van der Waals surface area contributed by atoms with E-state index in [1.807, 2.05) is 6.07 Å². The Bertz CT molecular complexity index is 1020. The molecule has 30 heavy (non-hydrogen) atoms. The molecule has 4 atom stereocenters. The first-order valence-electron chi connectivity index (χ1n) is 10.2. The van der Waals surface area contributed by atoms with Crippen LogP contribution in [0, 0.1) is 0 Å². The number of phenols is 1. The molecule has 0 spiro atoms. The maximum Gasteiger partial charge on any atom is 0.233 e. The van der Waals surface area contributed by atoms with Gasteiger partial charge in [0.25, 0.3) is 0 Å². The number of rotatable bonds is 4. The fraction of sp³-hybridized carbons (Fsp3) is 0.364. The Morgan fingerprint density at radius 3 is 2.77 bits per heavy atom. The van der Waals surface area contributed by atoms with E-state index in [1.54, 1.807) is 42.9 Å². The largest absolute Gasteiger partial charge is 0.507 e. The van der Waals surface area contributed by atoms with Gasteiger partial charge in [0, 0.05) is 48.1 Å². The predicted octanol–water partition coefficient (Wildman–Crippen LogP) is 3.31. The number of aromatic nitrogens is 4. The highest BCUT2D eigenvalue weighted by atomic mass is 19.1. The number of hydrogen-bond donors (Lipinski definition) is 2. The summed E-state index contributed by atoms with van der Waals surface area (Å²) in [7, 11) is 0. The minimum Gasteiger partial charge on any atom is -0.507 e. The maximum atomic E-state index is 14.7. The number of alkyl halides is 1. The smallest absolute Gasteiger partial charge is 0.233 e. The Kier molecular flexibility index (Phi) is 5.00.